The summed E-state index contributed by atoms with van der Waals surface area (Å²) in [6.45, 7) is 13.3. The van der Waals surface area contributed by atoms with Crippen LogP contribution in [0.3, 0.4) is 0 Å². The van der Waals surface area contributed by atoms with Gasteiger partial charge in [-0.3, -0.25) is 9.13 Å². The van der Waals surface area contributed by atoms with E-state index in [0.717, 1.165) is 0 Å². The van der Waals surface area contributed by atoms with Gasteiger partial charge in [0, 0.05) is 0 Å². The SMILES string of the molecule is CCC(CC)([C@@H](O)CP(=O)(O)O)n1c(C(=O)OC(C)(C)C)nc2c(N)nc(C(=O)OC(C)(C)C)nc21. The number of imidazole rings is 1. The molecule has 0 unspecified atom stereocenters. The maximum absolute atomic E-state index is 13.2. The van der Waals surface area contributed by atoms with Gasteiger partial charge in [0.05, 0.1) is 17.8 Å². The fourth-order valence-electron chi connectivity index (χ4n) is 3.86. The van der Waals surface area contributed by atoms with Crippen molar-refractivity contribution in [1.29, 1.82) is 0 Å². The van der Waals surface area contributed by atoms with Crippen LogP contribution in [0.1, 0.15) is 89.5 Å². The number of nitrogens with two attached hydrogens (primary N) is 1. The Bertz CT molecular complexity index is 1190. The fourth-order valence-corrected chi connectivity index (χ4v) is 4.65. The smallest absolute Gasteiger partial charge is 0.377 e. The number of aliphatic hydroxyl groups excluding tert-OH is 1. The van der Waals surface area contributed by atoms with Crippen LogP contribution in [0, 0.1) is 0 Å². The van der Waals surface area contributed by atoms with Gasteiger partial charge in [0.15, 0.2) is 17.0 Å². The van der Waals surface area contributed by atoms with E-state index in [1.807, 2.05) is 0 Å². The molecule has 0 aliphatic heterocycles. The lowest BCUT2D eigenvalue weighted by Gasteiger charge is -2.39. The summed E-state index contributed by atoms with van der Waals surface area (Å²) in [5.41, 5.74) is 2.72. The summed E-state index contributed by atoms with van der Waals surface area (Å²) in [6.07, 6.45) is -2.30. The summed E-state index contributed by atoms with van der Waals surface area (Å²) in [5, 5.41) is 11.1. The molecule has 36 heavy (non-hydrogen) atoms. The van der Waals surface area contributed by atoms with Gasteiger partial charge in [-0.2, -0.15) is 0 Å². The van der Waals surface area contributed by atoms with E-state index in [2.05, 4.69) is 15.0 Å². The highest BCUT2D eigenvalue weighted by Crippen LogP contribution is 2.43. The number of hydrogen-bond donors (Lipinski definition) is 4. The van der Waals surface area contributed by atoms with Gasteiger partial charge in [-0.05, 0) is 54.4 Å². The first kappa shape index (κ1) is 29.6. The predicted molar refractivity (Wildman–Crippen MR) is 132 cm³/mol. The van der Waals surface area contributed by atoms with E-state index in [0.29, 0.717) is 0 Å². The second-order valence-corrected chi connectivity index (χ2v) is 12.2. The first-order valence-electron chi connectivity index (χ1n) is 11.5. The van der Waals surface area contributed by atoms with Crippen molar-refractivity contribution in [2.45, 2.75) is 91.1 Å². The summed E-state index contributed by atoms with van der Waals surface area (Å²) in [6, 6.07) is 0. The van der Waals surface area contributed by atoms with Crippen LogP contribution >= 0.6 is 7.60 Å². The van der Waals surface area contributed by atoms with Crippen LogP contribution in [0.2, 0.25) is 0 Å². The number of aliphatic hydroxyl groups is 1. The normalized spacial score (nSPS) is 14.1. The van der Waals surface area contributed by atoms with Gasteiger partial charge >= 0.3 is 19.5 Å². The number of fused-ring (bicyclic) bond motifs is 1. The van der Waals surface area contributed by atoms with Gasteiger partial charge in [0.2, 0.25) is 11.6 Å². The van der Waals surface area contributed by atoms with Crippen LogP contribution in [-0.4, -0.2) is 69.8 Å². The molecule has 0 radical (unpaired) electrons. The van der Waals surface area contributed by atoms with E-state index in [1.54, 1.807) is 55.4 Å². The lowest BCUT2D eigenvalue weighted by molar-refractivity contribution is 0.000751. The van der Waals surface area contributed by atoms with E-state index < -0.39 is 54.4 Å². The zero-order valence-corrected chi connectivity index (χ0v) is 22.8. The molecule has 0 bridgehead atoms. The Morgan fingerprint density at radius 2 is 1.47 bits per heavy atom. The number of nitrogens with zero attached hydrogens (tertiary/aromatic N) is 4. The number of esters is 2. The standard InChI is InChI=1S/C22H36N5O8P/c1-9-22(10-2,12(28)11-36(31,32)33)27-16-13(24-17(27)19(30)35-21(6,7)8)14(23)25-15(26-16)18(29)34-20(3,4)5/h12,28H,9-11H2,1-8H3,(H2,23,25,26)(H2,31,32,33)/t12-/m0/s1. The second kappa shape index (κ2) is 10.0. The monoisotopic (exact) mass is 529 g/mol. The number of rotatable bonds is 8. The van der Waals surface area contributed by atoms with Gasteiger partial charge in [-0.25, -0.2) is 24.5 Å². The molecule has 0 fully saturated rings. The quantitative estimate of drug-likeness (QED) is 0.288. The summed E-state index contributed by atoms with van der Waals surface area (Å²) in [4.78, 5) is 57.7. The number of hydrogen-bond acceptors (Lipinski definition) is 10. The molecule has 2 rings (SSSR count). The van der Waals surface area contributed by atoms with Gasteiger partial charge in [-0.15, -0.1) is 0 Å². The fraction of sp³-hybridized carbons (Fsp3) is 0.682. The zero-order chi connectivity index (χ0) is 27.9. The van der Waals surface area contributed by atoms with E-state index in [1.165, 1.54) is 4.57 Å². The zero-order valence-electron chi connectivity index (χ0n) is 21.9. The average molecular weight is 530 g/mol. The van der Waals surface area contributed by atoms with Crippen molar-refractivity contribution in [3.63, 3.8) is 0 Å². The average Bonchev–Trinajstić information content (AvgIpc) is 3.06. The molecule has 202 valence electrons. The molecule has 0 aliphatic rings. The van der Waals surface area contributed by atoms with E-state index in [9.17, 15) is 29.0 Å². The van der Waals surface area contributed by atoms with Crippen molar-refractivity contribution >= 4 is 36.5 Å². The molecular formula is C22H36N5O8P. The molecule has 14 heteroatoms. The highest BCUT2D eigenvalue weighted by molar-refractivity contribution is 7.51. The molecular weight excluding hydrogens is 493 g/mol. The predicted octanol–water partition coefficient (Wildman–Crippen LogP) is 2.37. The molecule has 0 amide bonds. The summed E-state index contributed by atoms with van der Waals surface area (Å²) < 4.78 is 23.9. The Morgan fingerprint density at radius 3 is 1.92 bits per heavy atom. The Morgan fingerprint density at radius 1 is 0.972 bits per heavy atom. The third-order valence-corrected chi connectivity index (χ3v) is 6.22. The Hall–Kier alpha value is -2.60. The molecule has 0 saturated carbocycles. The molecule has 0 spiro atoms. The number of nitrogen functional groups attached to an aromatic ring is 1. The first-order valence-corrected chi connectivity index (χ1v) is 13.3. The lowest BCUT2D eigenvalue weighted by atomic mass is 9.86. The molecule has 0 aliphatic carbocycles. The Labute approximate surface area is 209 Å². The van der Waals surface area contributed by atoms with Gasteiger partial charge < -0.3 is 30.1 Å². The number of carbonyl (C=O) groups is 2. The highest BCUT2D eigenvalue weighted by Gasteiger charge is 2.45. The van der Waals surface area contributed by atoms with Gasteiger partial charge in [0.25, 0.3) is 0 Å². The van der Waals surface area contributed by atoms with Crippen molar-refractivity contribution in [1.82, 2.24) is 19.5 Å². The van der Waals surface area contributed by atoms with Crippen LogP contribution in [0.4, 0.5) is 5.82 Å². The highest BCUT2D eigenvalue weighted by atomic mass is 31.2. The van der Waals surface area contributed by atoms with Crippen LogP contribution in [-0.2, 0) is 19.6 Å². The number of aromatic nitrogens is 4. The molecule has 0 saturated heterocycles. The Kier molecular flexibility index (Phi) is 8.27. The molecule has 2 heterocycles. The van der Waals surface area contributed by atoms with Crippen molar-refractivity contribution in [2.75, 3.05) is 11.9 Å². The van der Waals surface area contributed by atoms with E-state index in [-0.39, 0.29) is 35.6 Å². The molecule has 2 aromatic heterocycles. The molecule has 1 atom stereocenters. The summed E-state index contributed by atoms with van der Waals surface area (Å²) in [5.74, 6) is -2.70. The maximum Gasteiger partial charge on any atom is 0.377 e. The van der Waals surface area contributed by atoms with E-state index in [4.69, 9.17) is 15.2 Å². The van der Waals surface area contributed by atoms with Crippen molar-refractivity contribution < 1.29 is 38.5 Å². The second-order valence-electron chi connectivity index (χ2n) is 10.6. The largest absolute Gasteiger partial charge is 0.454 e. The molecule has 13 nitrogen and oxygen atoms in total. The summed E-state index contributed by atoms with van der Waals surface area (Å²) in [7, 11) is -4.67. The Balaban J connectivity index is 2.94. The van der Waals surface area contributed by atoms with Crippen LogP contribution in [0.5, 0.6) is 0 Å². The number of anilines is 1. The molecule has 2 aromatic rings. The number of ether oxygens (including phenoxy) is 2. The third kappa shape index (κ3) is 6.58. The minimum Gasteiger partial charge on any atom is -0.454 e. The van der Waals surface area contributed by atoms with Crippen LogP contribution in [0.25, 0.3) is 11.2 Å². The maximum atomic E-state index is 13.2. The third-order valence-electron chi connectivity index (χ3n) is 5.40. The summed E-state index contributed by atoms with van der Waals surface area (Å²) >= 11 is 0. The first-order chi connectivity index (χ1) is 16.2. The van der Waals surface area contributed by atoms with Crippen molar-refractivity contribution in [2.24, 2.45) is 0 Å². The minimum absolute atomic E-state index is 0.0437. The van der Waals surface area contributed by atoms with E-state index >= 15 is 0 Å². The van der Waals surface area contributed by atoms with Gasteiger partial charge in [0.1, 0.15) is 11.2 Å². The molecule has 5 N–H and O–H groups in total. The molecule has 0 aromatic carbocycles. The number of carbonyl (C=O) groups excluding carboxylic acids is 2. The minimum atomic E-state index is -4.67. The topological polar surface area (TPSA) is 200 Å². The van der Waals surface area contributed by atoms with Crippen LogP contribution in [0.15, 0.2) is 0 Å². The van der Waals surface area contributed by atoms with Gasteiger partial charge in [-0.1, -0.05) is 13.8 Å². The van der Waals surface area contributed by atoms with Crippen LogP contribution < -0.4 is 5.73 Å². The van der Waals surface area contributed by atoms with Crippen molar-refractivity contribution in [3.8, 4) is 0 Å². The lowest BCUT2D eigenvalue weighted by Crippen LogP contribution is -2.48. The van der Waals surface area contributed by atoms with Crippen molar-refractivity contribution in [3.05, 3.63) is 11.6 Å².